The summed E-state index contributed by atoms with van der Waals surface area (Å²) < 4.78 is 0. The Morgan fingerprint density at radius 2 is 1.57 bits per heavy atom. The molecule has 0 radical (unpaired) electrons. The summed E-state index contributed by atoms with van der Waals surface area (Å²) >= 11 is 0. The standard InChI is InChI=1S/C18H23NO2/c1-3-18(2,21)13-19-17(14-7-5-4-6-8-14)15-9-11-16(20)12-10-15/h4-12,17,19-21H,3,13H2,1-2H3. The minimum Gasteiger partial charge on any atom is -0.508 e. The Labute approximate surface area is 126 Å². The second kappa shape index (κ2) is 6.74. The zero-order valence-corrected chi connectivity index (χ0v) is 12.6. The molecule has 2 aromatic rings. The number of benzene rings is 2. The van der Waals surface area contributed by atoms with Gasteiger partial charge in [-0.3, -0.25) is 0 Å². The molecule has 0 aliphatic rings. The molecule has 0 aliphatic heterocycles. The highest BCUT2D eigenvalue weighted by Gasteiger charge is 2.21. The molecule has 0 heterocycles. The van der Waals surface area contributed by atoms with Gasteiger partial charge in [-0.05, 0) is 36.6 Å². The van der Waals surface area contributed by atoms with E-state index >= 15 is 0 Å². The molecular formula is C18H23NO2. The Kier molecular flexibility index (Phi) is 4.99. The molecule has 3 nitrogen and oxygen atoms in total. The Morgan fingerprint density at radius 1 is 1.00 bits per heavy atom. The maximum absolute atomic E-state index is 10.2. The van der Waals surface area contributed by atoms with Crippen molar-refractivity contribution in [3.63, 3.8) is 0 Å². The van der Waals surface area contributed by atoms with E-state index in [0.29, 0.717) is 13.0 Å². The molecule has 3 heteroatoms. The average Bonchev–Trinajstić information content (AvgIpc) is 2.50. The molecule has 0 saturated carbocycles. The number of phenolic OH excluding ortho intramolecular Hbond substituents is 1. The molecule has 0 fully saturated rings. The molecule has 0 saturated heterocycles. The van der Waals surface area contributed by atoms with Crippen LogP contribution in [0.1, 0.15) is 37.4 Å². The van der Waals surface area contributed by atoms with Crippen molar-refractivity contribution in [2.45, 2.75) is 31.9 Å². The molecular weight excluding hydrogens is 262 g/mol. The zero-order valence-electron chi connectivity index (χ0n) is 12.6. The normalized spacial score (nSPS) is 15.4. The first kappa shape index (κ1) is 15.5. The van der Waals surface area contributed by atoms with Crippen LogP contribution < -0.4 is 5.32 Å². The summed E-state index contributed by atoms with van der Waals surface area (Å²) in [7, 11) is 0. The van der Waals surface area contributed by atoms with Crippen molar-refractivity contribution in [1.29, 1.82) is 0 Å². The lowest BCUT2D eigenvalue weighted by atomic mass is 9.96. The van der Waals surface area contributed by atoms with E-state index in [1.165, 1.54) is 0 Å². The van der Waals surface area contributed by atoms with Crippen molar-refractivity contribution >= 4 is 0 Å². The number of aliphatic hydroxyl groups is 1. The summed E-state index contributed by atoms with van der Waals surface area (Å²) in [5.41, 5.74) is 1.46. The predicted molar refractivity (Wildman–Crippen MR) is 85.3 cm³/mol. The zero-order chi connectivity index (χ0) is 15.3. The number of phenols is 1. The molecule has 0 spiro atoms. The van der Waals surface area contributed by atoms with Crippen LogP contribution in [0.5, 0.6) is 5.75 Å². The summed E-state index contributed by atoms with van der Waals surface area (Å²) in [6.45, 7) is 4.31. The van der Waals surface area contributed by atoms with Crippen molar-refractivity contribution < 1.29 is 10.2 Å². The van der Waals surface area contributed by atoms with E-state index in [4.69, 9.17) is 0 Å². The highest BCUT2D eigenvalue weighted by molar-refractivity contribution is 5.35. The lowest BCUT2D eigenvalue weighted by Crippen LogP contribution is -2.39. The third kappa shape index (κ3) is 4.31. The van der Waals surface area contributed by atoms with Gasteiger partial charge in [-0.25, -0.2) is 0 Å². The smallest absolute Gasteiger partial charge is 0.115 e. The fourth-order valence-corrected chi connectivity index (χ4v) is 2.19. The minimum atomic E-state index is -0.732. The minimum absolute atomic E-state index is 0.00942. The molecule has 0 aromatic heterocycles. The van der Waals surface area contributed by atoms with Gasteiger partial charge in [0.05, 0.1) is 11.6 Å². The van der Waals surface area contributed by atoms with Crippen molar-refractivity contribution in [2.24, 2.45) is 0 Å². The topological polar surface area (TPSA) is 52.5 Å². The molecule has 3 N–H and O–H groups in total. The quantitative estimate of drug-likeness (QED) is 0.764. The average molecular weight is 285 g/mol. The summed E-state index contributed by atoms with van der Waals surface area (Å²) in [5.74, 6) is 0.256. The number of aromatic hydroxyl groups is 1. The maximum atomic E-state index is 10.2. The van der Waals surface area contributed by atoms with Crippen LogP contribution in [-0.2, 0) is 0 Å². The van der Waals surface area contributed by atoms with Gasteiger partial charge in [0.25, 0.3) is 0 Å². The van der Waals surface area contributed by atoms with Crippen LogP contribution in [0, 0.1) is 0 Å². The number of rotatable bonds is 6. The number of nitrogens with one attached hydrogen (secondary N) is 1. The highest BCUT2D eigenvalue weighted by Crippen LogP contribution is 2.24. The van der Waals surface area contributed by atoms with Crippen LogP contribution in [-0.4, -0.2) is 22.4 Å². The van der Waals surface area contributed by atoms with Gasteiger partial charge in [0, 0.05) is 6.54 Å². The predicted octanol–water partition coefficient (Wildman–Crippen LogP) is 3.23. The van der Waals surface area contributed by atoms with E-state index in [1.807, 2.05) is 44.2 Å². The molecule has 2 unspecified atom stereocenters. The summed E-state index contributed by atoms with van der Waals surface area (Å²) in [4.78, 5) is 0. The molecule has 0 aliphatic carbocycles. The second-order valence-electron chi connectivity index (χ2n) is 5.67. The molecule has 2 atom stereocenters. The first-order chi connectivity index (χ1) is 10.0. The lowest BCUT2D eigenvalue weighted by molar-refractivity contribution is 0.0540. The third-order valence-electron chi connectivity index (χ3n) is 3.81. The first-order valence-corrected chi connectivity index (χ1v) is 7.31. The van der Waals surface area contributed by atoms with Gasteiger partial charge in [0.2, 0.25) is 0 Å². The van der Waals surface area contributed by atoms with Gasteiger partial charge < -0.3 is 15.5 Å². The molecule has 0 bridgehead atoms. The van der Waals surface area contributed by atoms with Crippen LogP contribution in [0.2, 0.25) is 0 Å². The van der Waals surface area contributed by atoms with E-state index < -0.39 is 5.60 Å². The van der Waals surface area contributed by atoms with Gasteiger partial charge in [0.15, 0.2) is 0 Å². The Bertz CT molecular complexity index is 549. The fourth-order valence-electron chi connectivity index (χ4n) is 2.19. The molecule has 2 aromatic carbocycles. The van der Waals surface area contributed by atoms with Gasteiger partial charge in [-0.2, -0.15) is 0 Å². The van der Waals surface area contributed by atoms with Gasteiger partial charge in [-0.15, -0.1) is 0 Å². The first-order valence-electron chi connectivity index (χ1n) is 7.31. The summed E-state index contributed by atoms with van der Waals surface area (Å²) in [6, 6.07) is 17.3. The van der Waals surface area contributed by atoms with Crippen LogP contribution >= 0.6 is 0 Å². The number of hydrogen-bond donors (Lipinski definition) is 3. The van der Waals surface area contributed by atoms with Crippen molar-refractivity contribution in [2.75, 3.05) is 6.54 Å². The Morgan fingerprint density at radius 3 is 2.14 bits per heavy atom. The van der Waals surface area contributed by atoms with E-state index in [0.717, 1.165) is 11.1 Å². The van der Waals surface area contributed by atoms with Crippen LogP contribution in [0.3, 0.4) is 0 Å². The van der Waals surface area contributed by atoms with Crippen molar-refractivity contribution in [3.8, 4) is 5.75 Å². The monoisotopic (exact) mass is 285 g/mol. The largest absolute Gasteiger partial charge is 0.508 e. The van der Waals surface area contributed by atoms with Gasteiger partial charge in [-0.1, -0.05) is 49.4 Å². The van der Waals surface area contributed by atoms with Gasteiger partial charge in [0.1, 0.15) is 5.75 Å². The third-order valence-corrected chi connectivity index (χ3v) is 3.81. The van der Waals surface area contributed by atoms with Crippen LogP contribution in [0.4, 0.5) is 0 Å². The Hall–Kier alpha value is -1.84. The van der Waals surface area contributed by atoms with Crippen molar-refractivity contribution in [3.05, 3.63) is 65.7 Å². The van der Waals surface area contributed by atoms with Crippen LogP contribution in [0.25, 0.3) is 0 Å². The summed E-state index contributed by atoms with van der Waals surface area (Å²) in [5, 5.41) is 23.1. The van der Waals surface area contributed by atoms with E-state index in [9.17, 15) is 10.2 Å². The molecule has 21 heavy (non-hydrogen) atoms. The van der Waals surface area contributed by atoms with Gasteiger partial charge >= 0.3 is 0 Å². The molecule has 112 valence electrons. The van der Waals surface area contributed by atoms with Crippen LogP contribution in [0.15, 0.2) is 54.6 Å². The molecule has 2 rings (SSSR count). The Balaban J connectivity index is 2.25. The molecule has 0 amide bonds. The lowest BCUT2D eigenvalue weighted by Gasteiger charge is -2.27. The second-order valence-corrected chi connectivity index (χ2v) is 5.67. The van der Waals surface area contributed by atoms with E-state index in [-0.39, 0.29) is 11.8 Å². The fraction of sp³-hybridized carbons (Fsp3) is 0.333. The van der Waals surface area contributed by atoms with Crippen molar-refractivity contribution in [1.82, 2.24) is 5.32 Å². The highest BCUT2D eigenvalue weighted by atomic mass is 16.3. The number of hydrogen-bond acceptors (Lipinski definition) is 3. The van der Waals surface area contributed by atoms with E-state index in [1.54, 1.807) is 12.1 Å². The SMILES string of the molecule is CCC(C)(O)CNC(c1ccccc1)c1ccc(O)cc1. The summed E-state index contributed by atoms with van der Waals surface area (Å²) in [6.07, 6.45) is 0.692. The van der Waals surface area contributed by atoms with E-state index in [2.05, 4.69) is 17.4 Å². The maximum Gasteiger partial charge on any atom is 0.115 e.